The Bertz CT molecular complexity index is 1000. The summed E-state index contributed by atoms with van der Waals surface area (Å²) in [5.74, 6) is 0.241. The van der Waals surface area contributed by atoms with Crippen LogP contribution >= 0.6 is 0 Å². The van der Waals surface area contributed by atoms with Gasteiger partial charge >= 0.3 is 0 Å². The van der Waals surface area contributed by atoms with Crippen LogP contribution in [0.25, 0.3) is 0 Å². The van der Waals surface area contributed by atoms with Crippen LogP contribution in [0.15, 0.2) is 41.2 Å². The number of aryl methyl sites for hydroxylation is 1. The molecule has 7 heteroatoms. The SMILES string of the molecule is CC(c1ccc(F)cc1)n1cc(NC(=O)c2noc3c2CC(C)(C)CC3)cn1. The number of anilines is 1. The molecule has 1 aliphatic carbocycles. The Morgan fingerprint density at radius 1 is 1.32 bits per heavy atom. The summed E-state index contributed by atoms with van der Waals surface area (Å²) in [6.07, 6.45) is 5.94. The highest BCUT2D eigenvalue weighted by molar-refractivity contribution is 6.03. The molecule has 0 bridgehead atoms. The van der Waals surface area contributed by atoms with E-state index >= 15 is 0 Å². The van der Waals surface area contributed by atoms with Gasteiger partial charge in [-0.1, -0.05) is 31.1 Å². The van der Waals surface area contributed by atoms with Crippen molar-refractivity contribution >= 4 is 11.6 Å². The fourth-order valence-electron chi connectivity index (χ4n) is 3.62. The number of nitrogens with one attached hydrogen (secondary N) is 1. The first-order chi connectivity index (χ1) is 13.3. The van der Waals surface area contributed by atoms with Crippen LogP contribution < -0.4 is 5.32 Å². The summed E-state index contributed by atoms with van der Waals surface area (Å²) in [6, 6.07) is 6.21. The molecule has 0 aliphatic heterocycles. The molecule has 146 valence electrons. The molecule has 2 aromatic heterocycles. The van der Waals surface area contributed by atoms with E-state index in [0.29, 0.717) is 11.4 Å². The van der Waals surface area contributed by atoms with Crippen LogP contribution in [0.2, 0.25) is 0 Å². The molecular formula is C21H23FN4O2. The van der Waals surface area contributed by atoms with E-state index in [1.165, 1.54) is 12.1 Å². The van der Waals surface area contributed by atoms with E-state index in [-0.39, 0.29) is 23.2 Å². The Kier molecular flexibility index (Phi) is 4.53. The van der Waals surface area contributed by atoms with Crippen molar-refractivity contribution in [1.82, 2.24) is 14.9 Å². The number of rotatable bonds is 4. The highest BCUT2D eigenvalue weighted by Crippen LogP contribution is 2.36. The van der Waals surface area contributed by atoms with E-state index < -0.39 is 0 Å². The van der Waals surface area contributed by atoms with Crippen molar-refractivity contribution in [1.29, 1.82) is 0 Å². The van der Waals surface area contributed by atoms with Gasteiger partial charge in [-0.3, -0.25) is 9.48 Å². The zero-order valence-electron chi connectivity index (χ0n) is 16.2. The predicted octanol–water partition coefficient (Wildman–Crippen LogP) is 4.39. The topological polar surface area (TPSA) is 73.0 Å². The summed E-state index contributed by atoms with van der Waals surface area (Å²) in [4.78, 5) is 12.7. The second kappa shape index (κ2) is 6.89. The number of nitrogens with zero attached hydrogens (tertiary/aromatic N) is 3. The lowest BCUT2D eigenvalue weighted by molar-refractivity contribution is 0.101. The first-order valence-corrected chi connectivity index (χ1v) is 9.41. The number of fused-ring (bicyclic) bond motifs is 1. The van der Waals surface area contributed by atoms with Crippen LogP contribution in [0.3, 0.4) is 0 Å². The van der Waals surface area contributed by atoms with Crippen LogP contribution in [0.4, 0.5) is 10.1 Å². The summed E-state index contributed by atoms with van der Waals surface area (Å²) in [5.41, 5.74) is 2.88. The molecular weight excluding hydrogens is 359 g/mol. The highest BCUT2D eigenvalue weighted by atomic mass is 19.1. The normalized spacial score (nSPS) is 16.4. The molecule has 1 atom stereocenters. The molecule has 4 rings (SSSR count). The number of hydrogen-bond donors (Lipinski definition) is 1. The molecule has 0 saturated carbocycles. The lowest BCUT2D eigenvalue weighted by atomic mass is 9.76. The first kappa shape index (κ1) is 18.4. The number of hydrogen-bond acceptors (Lipinski definition) is 4. The summed E-state index contributed by atoms with van der Waals surface area (Å²) < 4.78 is 20.2. The largest absolute Gasteiger partial charge is 0.360 e. The van der Waals surface area contributed by atoms with Crippen molar-refractivity contribution in [3.8, 4) is 0 Å². The summed E-state index contributed by atoms with van der Waals surface area (Å²) >= 11 is 0. The Labute approximate surface area is 162 Å². The second-order valence-electron chi connectivity index (χ2n) is 8.16. The molecule has 0 spiro atoms. The summed E-state index contributed by atoms with van der Waals surface area (Å²) in [5, 5.41) is 11.2. The van der Waals surface area contributed by atoms with Gasteiger partial charge in [0.1, 0.15) is 11.6 Å². The molecule has 28 heavy (non-hydrogen) atoms. The summed E-state index contributed by atoms with van der Waals surface area (Å²) in [7, 11) is 0. The van der Waals surface area contributed by atoms with Gasteiger partial charge in [0.05, 0.1) is 17.9 Å². The molecule has 1 aromatic carbocycles. The van der Waals surface area contributed by atoms with Crippen LogP contribution in [-0.4, -0.2) is 20.8 Å². The zero-order chi connectivity index (χ0) is 19.9. The minimum Gasteiger partial charge on any atom is -0.360 e. The molecule has 1 N–H and O–H groups in total. The zero-order valence-corrected chi connectivity index (χ0v) is 16.2. The van der Waals surface area contributed by atoms with Crippen molar-refractivity contribution in [3.05, 3.63) is 65.1 Å². The maximum absolute atomic E-state index is 13.1. The maximum Gasteiger partial charge on any atom is 0.278 e. The third kappa shape index (κ3) is 3.56. The van der Waals surface area contributed by atoms with E-state index in [2.05, 4.69) is 29.4 Å². The van der Waals surface area contributed by atoms with Gasteiger partial charge in [-0.05, 0) is 42.9 Å². The molecule has 1 amide bonds. The molecule has 2 heterocycles. The molecule has 0 radical (unpaired) electrons. The summed E-state index contributed by atoms with van der Waals surface area (Å²) in [6.45, 7) is 6.33. The van der Waals surface area contributed by atoms with Crippen LogP contribution in [0.1, 0.15) is 60.6 Å². The molecule has 6 nitrogen and oxygen atoms in total. The van der Waals surface area contributed by atoms with Gasteiger partial charge < -0.3 is 9.84 Å². The van der Waals surface area contributed by atoms with Crippen LogP contribution in [0, 0.1) is 11.2 Å². The van der Waals surface area contributed by atoms with Gasteiger partial charge in [0, 0.05) is 18.2 Å². The van der Waals surface area contributed by atoms with E-state index in [1.54, 1.807) is 29.2 Å². The molecule has 1 unspecified atom stereocenters. The van der Waals surface area contributed by atoms with Gasteiger partial charge in [0.25, 0.3) is 5.91 Å². The van der Waals surface area contributed by atoms with Crippen LogP contribution in [-0.2, 0) is 12.8 Å². The predicted molar refractivity (Wildman–Crippen MR) is 103 cm³/mol. The first-order valence-electron chi connectivity index (χ1n) is 9.41. The average Bonchev–Trinajstić information content (AvgIpc) is 3.27. The minimum atomic E-state index is -0.295. The van der Waals surface area contributed by atoms with Gasteiger partial charge in [-0.2, -0.15) is 5.10 Å². The monoisotopic (exact) mass is 382 g/mol. The molecule has 3 aromatic rings. The van der Waals surface area contributed by atoms with Gasteiger partial charge in [0.2, 0.25) is 0 Å². The van der Waals surface area contributed by atoms with Crippen molar-refractivity contribution < 1.29 is 13.7 Å². The number of amides is 1. The Balaban J connectivity index is 1.50. The van der Waals surface area contributed by atoms with Crippen LogP contribution in [0.5, 0.6) is 0 Å². The molecule has 0 fully saturated rings. The van der Waals surface area contributed by atoms with Crippen molar-refractivity contribution in [2.45, 2.75) is 46.1 Å². The third-order valence-corrected chi connectivity index (χ3v) is 5.38. The third-order valence-electron chi connectivity index (χ3n) is 5.38. The second-order valence-corrected chi connectivity index (χ2v) is 8.16. The van der Waals surface area contributed by atoms with E-state index in [4.69, 9.17) is 4.52 Å². The minimum absolute atomic E-state index is 0.0909. The van der Waals surface area contributed by atoms with Gasteiger partial charge in [-0.25, -0.2) is 4.39 Å². The van der Waals surface area contributed by atoms with Gasteiger partial charge in [0.15, 0.2) is 5.69 Å². The lowest BCUT2D eigenvalue weighted by Gasteiger charge is -2.28. The fourth-order valence-corrected chi connectivity index (χ4v) is 3.62. The number of carbonyl (C=O) groups is 1. The number of aromatic nitrogens is 3. The molecule has 1 aliphatic rings. The smallest absolute Gasteiger partial charge is 0.278 e. The fraction of sp³-hybridized carbons (Fsp3) is 0.381. The Morgan fingerprint density at radius 2 is 2.07 bits per heavy atom. The van der Waals surface area contributed by atoms with E-state index in [1.807, 2.05) is 6.92 Å². The lowest BCUT2D eigenvalue weighted by Crippen LogP contribution is -2.24. The van der Waals surface area contributed by atoms with Gasteiger partial charge in [-0.15, -0.1) is 0 Å². The Hall–Kier alpha value is -2.96. The number of carbonyl (C=O) groups excluding carboxylic acids is 1. The maximum atomic E-state index is 13.1. The van der Waals surface area contributed by atoms with Crippen molar-refractivity contribution in [3.63, 3.8) is 0 Å². The molecule has 0 saturated heterocycles. The Morgan fingerprint density at radius 3 is 2.82 bits per heavy atom. The van der Waals surface area contributed by atoms with E-state index in [0.717, 1.165) is 36.1 Å². The van der Waals surface area contributed by atoms with Crippen molar-refractivity contribution in [2.75, 3.05) is 5.32 Å². The van der Waals surface area contributed by atoms with Crippen molar-refractivity contribution in [2.24, 2.45) is 5.41 Å². The highest BCUT2D eigenvalue weighted by Gasteiger charge is 2.32. The standard InChI is InChI=1S/C21H23FN4O2/c1-13(14-4-6-15(22)7-5-14)26-12-16(11-23-26)24-20(27)19-17-10-21(2,3)9-8-18(17)28-25-19/h4-7,11-13H,8-10H2,1-3H3,(H,24,27). The number of benzene rings is 1. The van der Waals surface area contributed by atoms with E-state index in [9.17, 15) is 9.18 Å². The number of halogens is 1. The quantitative estimate of drug-likeness (QED) is 0.726. The average molecular weight is 382 g/mol.